The van der Waals surface area contributed by atoms with E-state index >= 15 is 0 Å². The van der Waals surface area contributed by atoms with Gasteiger partial charge in [0.05, 0.1) is 13.0 Å². The van der Waals surface area contributed by atoms with Crippen LogP contribution in [0.3, 0.4) is 0 Å². The third-order valence-corrected chi connectivity index (χ3v) is 5.95. The van der Waals surface area contributed by atoms with Crippen LogP contribution in [-0.4, -0.2) is 30.5 Å². The summed E-state index contributed by atoms with van der Waals surface area (Å²) >= 11 is 5.91. The Labute approximate surface area is 158 Å². The van der Waals surface area contributed by atoms with Crippen molar-refractivity contribution < 1.29 is 9.53 Å². The van der Waals surface area contributed by atoms with Gasteiger partial charge in [-0.2, -0.15) is 0 Å². The van der Waals surface area contributed by atoms with Crippen LogP contribution in [0, 0.1) is 0 Å². The number of hydrogen-bond acceptors (Lipinski definition) is 3. The highest BCUT2D eigenvalue weighted by Gasteiger charge is 2.43. The van der Waals surface area contributed by atoms with Gasteiger partial charge < -0.3 is 15.4 Å². The van der Waals surface area contributed by atoms with E-state index in [9.17, 15) is 4.79 Å². The van der Waals surface area contributed by atoms with Crippen LogP contribution in [0.2, 0.25) is 5.02 Å². The number of hydrogen-bond donors (Lipinski definition) is 1. The number of nitrogens with two attached hydrogens (primary N) is 1. The molecule has 2 aliphatic rings. The van der Waals surface area contributed by atoms with Crippen LogP contribution in [0.25, 0.3) is 0 Å². The highest BCUT2D eigenvalue weighted by Crippen LogP contribution is 2.45. The number of ether oxygens (including phenoxy) is 1. The molecule has 26 heavy (non-hydrogen) atoms. The van der Waals surface area contributed by atoms with Gasteiger partial charge in [-0.25, -0.2) is 0 Å². The number of carbonyl (C=O) groups is 1. The molecule has 0 radical (unpaired) electrons. The minimum atomic E-state index is 0.0254. The summed E-state index contributed by atoms with van der Waals surface area (Å²) in [5, 5.41) is 0.692. The molecule has 1 spiro atoms. The average Bonchev–Trinajstić information content (AvgIpc) is 3.01. The maximum atomic E-state index is 12.6. The maximum absolute atomic E-state index is 12.6. The van der Waals surface area contributed by atoms with Crippen LogP contribution in [0.5, 0.6) is 5.75 Å². The molecule has 0 saturated carbocycles. The van der Waals surface area contributed by atoms with Gasteiger partial charge >= 0.3 is 0 Å². The quantitative estimate of drug-likeness (QED) is 0.901. The minimum Gasteiger partial charge on any atom is -0.492 e. The van der Waals surface area contributed by atoms with Crippen LogP contribution < -0.4 is 10.5 Å². The fourth-order valence-corrected chi connectivity index (χ4v) is 4.15. The lowest BCUT2D eigenvalue weighted by molar-refractivity contribution is -0.132. The zero-order valence-electron chi connectivity index (χ0n) is 14.7. The van der Waals surface area contributed by atoms with Crippen molar-refractivity contribution >= 4 is 17.5 Å². The molecule has 2 aromatic carbocycles. The first kappa shape index (κ1) is 17.4. The van der Waals surface area contributed by atoms with Gasteiger partial charge in [0.15, 0.2) is 0 Å². The predicted octanol–water partition coefficient (Wildman–Crippen LogP) is 3.29. The Morgan fingerprint density at radius 2 is 1.81 bits per heavy atom. The molecule has 0 atom stereocenters. The summed E-state index contributed by atoms with van der Waals surface area (Å²) in [7, 11) is 0. The van der Waals surface area contributed by atoms with Crippen molar-refractivity contribution in [3.63, 3.8) is 0 Å². The highest BCUT2D eigenvalue weighted by molar-refractivity contribution is 6.30. The number of benzene rings is 2. The topological polar surface area (TPSA) is 55.6 Å². The molecule has 1 amide bonds. The lowest BCUT2D eigenvalue weighted by Gasteiger charge is -2.38. The van der Waals surface area contributed by atoms with Crippen LogP contribution in [0.4, 0.5) is 0 Å². The standard InChI is InChI=1S/C21H23ClN2O2/c22-17-4-1-15(2-5-17)12-20(25)24-9-7-21(8-10-24)14-26-19-6-3-16(13-23)11-18(19)21/h1-6,11H,7-10,12-14,23H2. The molecule has 136 valence electrons. The summed E-state index contributed by atoms with van der Waals surface area (Å²) in [6.07, 6.45) is 2.29. The molecule has 4 rings (SSSR count). The van der Waals surface area contributed by atoms with E-state index in [1.807, 2.05) is 41.3 Å². The molecule has 4 nitrogen and oxygen atoms in total. The van der Waals surface area contributed by atoms with Crippen molar-refractivity contribution in [1.29, 1.82) is 0 Å². The van der Waals surface area contributed by atoms with Crippen LogP contribution in [0.15, 0.2) is 42.5 Å². The summed E-state index contributed by atoms with van der Waals surface area (Å²) < 4.78 is 5.94. The Hall–Kier alpha value is -2.04. The second-order valence-electron chi connectivity index (χ2n) is 7.29. The summed E-state index contributed by atoms with van der Waals surface area (Å²) in [5.41, 5.74) is 9.23. The molecule has 0 unspecified atom stereocenters. The molecular weight excluding hydrogens is 348 g/mol. The number of nitrogens with zero attached hydrogens (tertiary/aromatic N) is 1. The number of amides is 1. The Morgan fingerprint density at radius 3 is 2.50 bits per heavy atom. The molecular formula is C21H23ClN2O2. The zero-order valence-corrected chi connectivity index (χ0v) is 15.5. The normalized spacial score (nSPS) is 17.8. The molecule has 1 saturated heterocycles. The van der Waals surface area contributed by atoms with Crippen molar-refractivity contribution in [2.75, 3.05) is 19.7 Å². The Balaban J connectivity index is 1.43. The first-order valence-corrected chi connectivity index (χ1v) is 9.46. The lowest BCUT2D eigenvalue weighted by Crippen LogP contribution is -2.46. The Bertz CT molecular complexity index is 811. The lowest BCUT2D eigenvalue weighted by atomic mass is 9.74. The smallest absolute Gasteiger partial charge is 0.226 e. The van der Waals surface area contributed by atoms with Gasteiger partial charge in [-0.3, -0.25) is 4.79 Å². The minimum absolute atomic E-state index is 0.0254. The molecule has 0 aliphatic carbocycles. The predicted molar refractivity (Wildman–Crippen MR) is 102 cm³/mol. The molecule has 2 heterocycles. The van der Waals surface area contributed by atoms with E-state index in [0.29, 0.717) is 24.6 Å². The molecule has 2 aliphatic heterocycles. The van der Waals surface area contributed by atoms with E-state index in [1.165, 1.54) is 5.56 Å². The van der Waals surface area contributed by atoms with E-state index < -0.39 is 0 Å². The summed E-state index contributed by atoms with van der Waals surface area (Å²) in [6, 6.07) is 13.7. The van der Waals surface area contributed by atoms with Crippen LogP contribution in [-0.2, 0) is 23.2 Å². The first-order chi connectivity index (χ1) is 12.6. The third-order valence-electron chi connectivity index (χ3n) is 5.70. The molecule has 1 fully saturated rings. The van der Waals surface area contributed by atoms with E-state index in [0.717, 1.165) is 42.8 Å². The zero-order chi connectivity index (χ0) is 18.1. The molecule has 0 bridgehead atoms. The van der Waals surface area contributed by atoms with Gasteiger partial charge in [-0.15, -0.1) is 0 Å². The summed E-state index contributed by atoms with van der Waals surface area (Å²) in [5.74, 6) is 1.15. The second kappa shape index (κ2) is 6.93. The second-order valence-corrected chi connectivity index (χ2v) is 7.72. The van der Waals surface area contributed by atoms with Crippen molar-refractivity contribution in [2.45, 2.75) is 31.2 Å². The average molecular weight is 371 g/mol. The molecule has 0 aromatic heterocycles. The molecule has 2 aromatic rings. The number of likely N-dealkylation sites (tertiary alicyclic amines) is 1. The Kier molecular flexibility index (Phi) is 4.63. The van der Waals surface area contributed by atoms with E-state index in [4.69, 9.17) is 22.1 Å². The fourth-order valence-electron chi connectivity index (χ4n) is 4.02. The van der Waals surface area contributed by atoms with Crippen LogP contribution >= 0.6 is 11.6 Å². The van der Waals surface area contributed by atoms with E-state index in [2.05, 4.69) is 6.07 Å². The largest absolute Gasteiger partial charge is 0.492 e. The van der Waals surface area contributed by atoms with Gasteiger partial charge in [-0.1, -0.05) is 35.9 Å². The Morgan fingerprint density at radius 1 is 1.12 bits per heavy atom. The number of fused-ring (bicyclic) bond motifs is 2. The van der Waals surface area contributed by atoms with Crippen LogP contribution in [0.1, 0.15) is 29.5 Å². The highest BCUT2D eigenvalue weighted by atomic mass is 35.5. The maximum Gasteiger partial charge on any atom is 0.226 e. The number of rotatable bonds is 3. The van der Waals surface area contributed by atoms with Gasteiger partial charge in [0.2, 0.25) is 5.91 Å². The first-order valence-electron chi connectivity index (χ1n) is 9.08. The SMILES string of the molecule is NCc1ccc2c(c1)C1(CCN(C(=O)Cc3ccc(Cl)cc3)CC1)CO2. The summed E-state index contributed by atoms with van der Waals surface area (Å²) in [4.78, 5) is 14.6. The van der Waals surface area contributed by atoms with Crippen molar-refractivity contribution in [3.8, 4) is 5.75 Å². The number of halogens is 1. The van der Waals surface area contributed by atoms with Gasteiger partial charge in [0, 0.05) is 35.6 Å². The fraction of sp³-hybridized carbons (Fsp3) is 0.381. The molecule has 2 N–H and O–H groups in total. The third kappa shape index (κ3) is 3.19. The van der Waals surface area contributed by atoms with Gasteiger partial charge in [0.1, 0.15) is 5.75 Å². The summed E-state index contributed by atoms with van der Waals surface area (Å²) in [6.45, 7) is 2.77. The van der Waals surface area contributed by atoms with Crippen molar-refractivity contribution in [3.05, 3.63) is 64.2 Å². The van der Waals surface area contributed by atoms with Crippen molar-refractivity contribution in [2.24, 2.45) is 5.73 Å². The van der Waals surface area contributed by atoms with E-state index in [-0.39, 0.29) is 11.3 Å². The van der Waals surface area contributed by atoms with Crippen molar-refractivity contribution in [1.82, 2.24) is 4.90 Å². The van der Waals surface area contributed by atoms with Gasteiger partial charge in [0.25, 0.3) is 0 Å². The molecule has 5 heteroatoms. The number of carbonyl (C=O) groups excluding carboxylic acids is 1. The monoisotopic (exact) mass is 370 g/mol. The number of piperidine rings is 1. The van der Waals surface area contributed by atoms with E-state index in [1.54, 1.807) is 0 Å². The van der Waals surface area contributed by atoms with Gasteiger partial charge in [-0.05, 0) is 42.2 Å².